The zero-order valence-electron chi connectivity index (χ0n) is 14.4. The van der Waals surface area contributed by atoms with Crippen molar-refractivity contribution in [2.24, 2.45) is 0 Å². The molecule has 3 rings (SSSR count). The maximum atomic E-state index is 12.4. The second kappa shape index (κ2) is 8.00. The van der Waals surface area contributed by atoms with E-state index in [4.69, 9.17) is 4.74 Å². The number of benzene rings is 3. The summed E-state index contributed by atoms with van der Waals surface area (Å²) in [5.74, 6) is 0.362. The van der Waals surface area contributed by atoms with Crippen molar-refractivity contribution in [2.45, 2.75) is 6.54 Å². The molecule has 0 heterocycles. The molecule has 0 aliphatic heterocycles. The van der Waals surface area contributed by atoms with Crippen molar-refractivity contribution < 1.29 is 9.53 Å². The van der Waals surface area contributed by atoms with Crippen LogP contribution in [-0.4, -0.2) is 13.0 Å². The van der Waals surface area contributed by atoms with Crippen LogP contribution in [-0.2, 0) is 11.3 Å². The first kappa shape index (κ1) is 17.2. The highest BCUT2D eigenvalue weighted by molar-refractivity contribution is 6.04. The molecule has 0 aliphatic rings. The molecule has 0 saturated carbocycles. The quantitative estimate of drug-likeness (QED) is 0.561. The fraction of sp³-hybridized carbons (Fsp3) is 0.0909. The van der Waals surface area contributed by atoms with Crippen LogP contribution in [0.2, 0.25) is 0 Å². The predicted molar refractivity (Wildman–Crippen MR) is 102 cm³/mol. The molecule has 3 aromatic rings. The van der Waals surface area contributed by atoms with Crippen molar-refractivity contribution in [2.75, 3.05) is 7.11 Å². The van der Waals surface area contributed by atoms with E-state index < -0.39 is 5.91 Å². The lowest BCUT2D eigenvalue weighted by Crippen LogP contribution is -2.23. The molecule has 1 N–H and O–H groups in total. The van der Waals surface area contributed by atoms with Crippen molar-refractivity contribution in [1.82, 2.24) is 5.32 Å². The molecule has 0 saturated heterocycles. The van der Waals surface area contributed by atoms with Crippen molar-refractivity contribution in [3.05, 3.63) is 83.4 Å². The topological polar surface area (TPSA) is 62.1 Å². The van der Waals surface area contributed by atoms with Gasteiger partial charge in [0.25, 0.3) is 5.91 Å². The van der Waals surface area contributed by atoms with E-state index in [2.05, 4.69) is 5.32 Å². The van der Waals surface area contributed by atoms with E-state index in [1.165, 1.54) is 0 Å². The van der Waals surface area contributed by atoms with Gasteiger partial charge < -0.3 is 10.1 Å². The highest BCUT2D eigenvalue weighted by atomic mass is 16.5. The Hall–Kier alpha value is -3.58. The van der Waals surface area contributed by atoms with Crippen molar-refractivity contribution in [3.8, 4) is 11.8 Å². The summed E-state index contributed by atoms with van der Waals surface area (Å²) in [5, 5.41) is 14.1. The Morgan fingerprint density at radius 2 is 1.73 bits per heavy atom. The first-order valence-corrected chi connectivity index (χ1v) is 8.22. The third-order valence-corrected chi connectivity index (χ3v) is 4.10. The van der Waals surface area contributed by atoms with Crippen molar-refractivity contribution in [3.63, 3.8) is 0 Å². The van der Waals surface area contributed by atoms with Gasteiger partial charge in [0, 0.05) is 11.9 Å². The van der Waals surface area contributed by atoms with Gasteiger partial charge in [-0.15, -0.1) is 0 Å². The van der Waals surface area contributed by atoms with Crippen LogP contribution in [0, 0.1) is 11.3 Å². The van der Waals surface area contributed by atoms with E-state index in [9.17, 15) is 10.1 Å². The molecule has 4 heteroatoms. The van der Waals surface area contributed by atoms with Gasteiger partial charge >= 0.3 is 0 Å². The van der Waals surface area contributed by atoms with Crippen LogP contribution in [0.4, 0.5) is 0 Å². The third-order valence-electron chi connectivity index (χ3n) is 4.10. The summed E-state index contributed by atoms with van der Waals surface area (Å²) in [4.78, 5) is 12.4. The van der Waals surface area contributed by atoms with Crippen LogP contribution in [0.5, 0.6) is 5.75 Å². The number of rotatable bonds is 5. The Kier molecular flexibility index (Phi) is 5.31. The van der Waals surface area contributed by atoms with Crippen LogP contribution < -0.4 is 10.1 Å². The lowest BCUT2D eigenvalue weighted by molar-refractivity contribution is -0.117. The summed E-state index contributed by atoms with van der Waals surface area (Å²) in [6.45, 7) is 0.377. The summed E-state index contributed by atoms with van der Waals surface area (Å²) < 4.78 is 5.38. The van der Waals surface area contributed by atoms with Crippen LogP contribution in [0.25, 0.3) is 16.8 Å². The zero-order valence-corrected chi connectivity index (χ0v) is 14.4. The fourth-order valence-corrected chi connectivity index (χ4v) is 2.78. The second-order valence-corrected chi connectivity index (χ2v) is 5.74. The van der Waals surface area contributed by atoms with Crippen LogP contribution >= 0.6 is 0 Å². The molecule has 3 aromatic carbocycles. The Balaban J connectivity index is 1.88. The molecule has 128 valence electrons. The maximum absolute atomic E-state index is 12.4. The predicted octanol–water partition coefficient (Wildman–Crippen LogP) is 4.07. The van der Waals surface area contributed by atoms with Crippen LogP contribution in [0.3, 0.4) is 0 Å². The first-order valence-electron chi connectivity index (χ1n) is 8.22. The fourth-order valence-electron chi connectivity index (χ4n) is 2.78. The Morgan fingerprint density at radius 1 is 1.04 bits per heavy atom. The molecule has 0 atom stereocenters. The third kappa shape index (κ3) is 3.73. The molecule has 0 aromatic heterocycles. The summed E-state index contributed by atoms with van der Waals surface area (Å²) in [5.41, 5.74) is 1.84. The number of ether oxygens (including phenoxy) is 1. The lowest BCUT2D eigenvalue weighted by Gasteiger charge is -2.09. The lowest BCUT2D eigenvalue weighted by atomic mass is 10.0. The van der Waals surface area contributed by atoms with E-state index in [1.54, 1.807) is 13.2 Å². The number of nitriles is 1. The van der Waals surface area contributed by atoms with Gasteiger partial charge in [0.15, 0.2) is 0 Å². The summed E-state index contributed by atoms with van der Waals surface area (Å²) >= 11 is 0. The normalized spacial score (nSPS) is 11.0. The highest BCUT2D eigenvalue weighted by Gasteiger charge is 2.11. The largest absolute Gasteiger partial charge is 0.496 e. The second-order valence-electron chi connectivity index (χ2n) is 5.74. The number of hydrogen-bond acceptors (Lipinski definition) is 3. The summed E-state index contributed by atoms with van der Waals surface area (Å²) in [7, 11) is 1.62. The number of carbonyl (C=O) groups is 1. The first-order chi connectivity index (χ1) is 12.7. The number of hydrogen-bond donors (Lipinski definition) is 1. The monoisotopic (exact) mass is 342 g/mol. The molecule has 0 radical (unpaired) electrons. The molecule has 0 aliphatic carbocycles. The Bertz CT molecular complexity index is 1000. The molecule has 26 heavy (non-hydrogen) atoms. The molecule has 0 unspecified atom stereocenters. The molecular formula is C22H18N2O2. The molecule has 0 bridgehead atoms. The number of nitrogens with zero attached hydrogens (tertiary/aromatic N) is 1. The molecule has 0 fully saturated rings. The van der Waals surface area contributed by atoms with Gasteiger partial charge in [0.2, 0.25) is 0 Å². The van der Waals surface area contributed by atoms with E-state index in [-0.39, 0.29) is 5.57 Å². The maximum Gasteiger partial charge on any atom is 0.262 e. The van der Waals surface area contributed by atoms with Gasteiger partial charge in [-0.25, -0.2) is 0 Å². The minimum Gasteiger partial charge on any atom is -0.496 e. The van der Waals surface area contributed by atoms with Gasteiger partial charge in [-0.2, -0.15) is 5.26 Å². The molecular weight excluding hydrogens is 324 g/mol. The van der Waals surface area contributed by atoms with Gasteiger partial charge in [0.05, 0.1) is 7.11 Å². The number of methoxy groups -OCH3 is 1. The van der Waals surface area contributed by atoms with E-state index in [0.717, 1.165) is 27.6 Å². The average molecular weight is 342 g/mol. The summed E-state index contributed by atoms with van der Waals surface area (Å²) in [6.07, 6.45) is 1.61. The Labute approximate surface area is 152 Å². The number of carbonyl (C=O) groups excluding carboxylic acids is 1. The molecule has 1 amide bonds. The standard InChI is InChI=1S/C22H18N2O2/c1-26-21-12-11-17(19-9-5-6-10-20(19)21)13-18(14-23)22(25)24-15-16-7-3-2-4-8-16/h2-13H,15H2,1H3,(H,24,25)/b18-13-. The van der Waals surface area contributed by atoms with E-state index in [1.807, 2.05) is 72.8 Å². The zero-order chi connectivity index (χ0) is 18.4. The van der Waals surface area contributed by atoms with Crippen LogP contribution in [0.15, 0.2) is 72.3 Å². The minimum atomic E-state index is -0.392. The average Bonchev–Trinajstić information content (AvgIpc) is 2.71. The summed E-state index contributed by atoms with van der Waals surface area (Å²) in [6, 6.07) is 23.0. The van der Waals surface area contributed by atoms with E-state index in [0.29, 0.717) is 6.54 Å². The van der Waals surface area contributed by atoms with Gasteiger partial charge in [-0.3, -0.25) is 4.79 Å². The SMILES string of the molecule is COc1ccc(/C=C(/C#N)C(=O)NCc2ccccc2)c2ccccc12. The highest BCUT2D eigenvalue weighted by Crippen LogP contribution is 2.29. The number of nitrogens with one attached hydrogen (secondary N) is 1. The van der Waals surface area contributed by atoms with Gasteiger partial charge in [-0.05, 0) is 28.7 Å². The number of fused-ring (bicyclic) bond motifs is 1. The van der Waals surface area contributed by atoms with Gasteiger partial charge in [-0.1, -0.05) is 60.7 Å². The Morgan fingerprint density at radius 3 is 2.42 bits per heavy atom. The van der Waals surface area contributed by atoms with Crippen molar-refractivity contribution in [1.29, 1.82) is 5.26 Å². The smallest absolute Gasteiger partial charge is 0.262 e. The van der Waals surface area contributed by atoms with E-state index >= 15 is 0 Å². The van der Waals surface area contributed by atoms with Crippen LogP contribution in [0.1, 0.15) is 11.1 Å². The van der Waals surface area contributed by atoms with Gasteiger partial charge in [0.1, 0.15) is 17.4 Å². The number of amides is 1. The molecule has 4 nitrogen and oxygen atoms in total. The molecule has 0 spiro atoms. The van der Waals surface area contributed by atoms with Crippen molar-refractivity contribution >= 4 is 22.8 Å². The minimum absolute atomic E-state index is 0.0660.